The lowest BCUT2D eigenvalue weighted by molar-refractivity contribution is -0.131. The molecule has 3 heteroatoms. The molecule has 0 saturated carbocycles. The molecule has 1 saturated heterocycles. The van der Waals surface area contributed by atoms with E-state index < -0.39 is 0 Å². The fourth-order valence-electron chi connectivity index (χ4n) is 3.09. The normalized spacial score (nSPS) is 16.1. The van der Waals surface area contributed by atoms with Crippen LogP contribution in [0.4, 0.5) is 0 Å². The van der Waals surface area contributed by atoms with Gasteiger partial charge in [0.25, 0.3) is 0 Å². The number of benzene rings is 1. The number of hydrogen-bond acceptors (Lipinski definition) is 1. The molecule has 3 rings (SSSR count). The molecule has 1 fully saturated rings. The second kappa shape index (κ2) is 6.61. The minimum absolute atomic E-state index is 0.246. The van der Waals surface area contributed by atoms with Gasteiger partial charge in [-0.15, -0.1) is 0 Å². The van der Waals surface area contributed by atoms with Crippen LogP contribution in [0.25, 0.3) is 0 Å². The van der Waals surface area contributed by atoms with Crippen molar-refractivity contribution in [1.29, 1.82) is 0 Å². The summed E-state index contributed by atoms with van der Waals surface area (Å²) in [6, 6.07) is 14.6. The standard InChI is InChI=1S/C18H22N2O/c21-18(14-17-7-4-10-19-17)20-11-8-16(9-12-20)13-15-5-2-1-3-6-15/h1-7,10,16,19H,8-9,11-14H2. The summed E-state index contributed by atoms with van der Waals surface area (Å²) in [6.07, 6.45) is 5.74. The Bertz CT molecular complexity index is 554. The van der Waals surface area contributed by atoms with E-state index in [-0.39, 0.29) is 5.91 Å². The fraction of sp³-hybridized carbons (Fsp3) is 0.389. The first-order chi connectivity index (χ1) is 10.3. The zero-order chi connectivity index (χ0) is 14.5. The summed E-state index contributed by atoms with van der Waals surface area (Å²) >= 11 is 0. The van der Waals surface area contributed by atoms with Gasteiger partial charge in [-0.3, -0.25) is 4.79 Å². The third-order valence-electron chi connectivity index (χ3n) is 4.34. The molecule has 1 aliphatic heterocycles. The molecule has 21 heavy (non-hydrogen) atoms. The molecule has 1 aromatic heterocycles. The Morgan fingerprint density at radius 2 is 1.86 bits per heavy atom. The molecule has 1 amide bonds. The molecule has 0 bridgehead atoms. The van der Waals surface area contributed by atoms with Crippen molar-refractivity contribution in [2.75, 3.05) is 13.1 Å². The highest BCUT2D eigenvalue weighted by Gasteiger charge is 2.22. The van der Waals surface area contributed by atoms with Crippen LogP contribution >= 0.6 is 0 Å². The Kier molecular flexibility index (Phi) is 4.39. The van der Waals surface area contributed by atoms with Crippen molar-refractivity contribution < 1.29 is 4.79 Å². The molecule has 1 aliphatic rings. The highest BCUT2D eigenvalue weighted by atomic mass is 16.2. The molecule has 0 unspecified atom stereocenters. The van der Waals surface area contributed by atoms with Crippen LogP contribution in [0, 0.1) is 5.92 Å². The average molecular weight is 282 g/mol. The number of aromatic amines is 1. The molecule has 0 spiro atoms. The number of amides is 1. The molecule has 1 N–H and O–H groups in total. The van der Waals surface area contributed by atoms with E-state index in [1.165, 1.54) is 5.56 Å². The van der Waals surface area contributed by atoms with Gasteiger partial charge >= 0.3 is 0 Å². The molecule has 1 aromatic carbocycles. The fourth-order valence-corrected chi connectivity index (χ4v) is 3.09. The second-order valence-corrected chi connectivity index (χ2v) is 5.89. The summed E-state index contributed by atoms with van der Waals surface area (Å²) in [7, 11) is 0. The van der Waals surface area contributed by atoms with Crippen LogP contribution < -0.4 is 0 Å². The predicted molar refractivity (Wildman–Crippen MR) is 83.9 cm³/mol. The van der Waals surface area contributed by atoms with Gasteiger partial charge in [0.2, 0.25) is 5.91 Å². The van der Waals surface area contributed by atoms with E-state index in [2.05, 4.69) is 35.3 Å². The molecule has 2 aromatic rings. The Balaban J connectivity index is 1.47. The summed E-state index contributed by atoms with van der Waals surface area (Å²) in [6.45, 7) is 1.80. The van der Waals surface area contributed by atoms with Gasteiger partial charge in [0.05, 0.1) is 6.42 Å². The zero-order valence-corrected chi connectivity index (χ0v) is 12.3. The summed E-state index contributed by atoms with van der Waals surface area (Å²) < 4.78 is 0. The van der Waals surface area contributed by atoms with E-state index in [4.69, 9.17) is 0 Å². The minimum Gasteiger partial charge on any atom is -0.365 e. The summed E-state index contributed by atoms with van der Waals surface area (Å²) in [5, 5.41) is 0. The smallest absolute Gasteiger partial charge is 0.228 e. The van der Waals surface area contributed by atoms with Crippen molar-refractivity contribution in [2.45, 2.75) is 25.7 Å². The third-order valence-corrected chi connectivity index (χ3v) is 4.34. The number of likely N-dealkylation sites (tertiary alicyclic amines) is 1. The molecule has 3 nitrogen and oxygen atoms in total. The SMILES string of the molecule is O=C(Cc1ccc[nH]1)N1CCC(Cc2ccccc2)CC1. The highest BCUT2D eigenvalue weighted by molar-refractivity contribution is 5.78. The van der Waals surface area contributed by atoms with Crippen LogP contribution in [0.1, 0.15) is 24.1 Å². The average Bonchev–Trinajstić information content (AvgIpc) is 3.02. The van der Waals surface area contributed by atoms with E-state index >= 15 is 0 Å². The molecule has 0 atom stereocenters. The molecule has 2 heterocycles. The maximum absolute atomic E-state index is 12.2. The lowest BCUT2D eigenvalue weighted by atomic mass is 9.90. The zero-order valence-electron chi connectivity index (χ0n) is 12.3. The van der Waals surface area contributed by atoms with Crippen molar-refractivity contribution in [3.05, 3.63) is 59.9 Å². The Morgan fingerprint density at radius 1 is 1.10 bits per heavy atom. The quantitative estimate of drug-likeness (QED) is 0.919. The van der Waals surface area contributed by atoms with Gasteiger partial charge in [0.1, 0.15) is 0 Å². The number of carbonyl (C=O) groups is 1. The van der Waals surface area contributed by atoms with Gasteiger partial charge in [-0.05, 0) is 42.9 Å². The van der Waals surface area contributed by atoms with E-state index in [0.717, 1.165) is 38.0 Å². The van der Waals surface area contributed by atoms with Gasteiger partial charge in [-0.25, -0.2) is 0 Å². The minimum atomic E-state index is 0.246. The number of H-pyrrole nitrogens is 1. The summed E-state index contributed by atoms with van der Waals surface area (Å²) in [5.74, 6) is 0.956. The number of piperidine rings is 1. The van der Waals surface area contributed by atoms with Gasteiger partial charge in [0.15, 0.2) is 0 Å². The van der Waals surface area contributed by atoms with Crippen molar-refractivity contribution in [1.82, 2.24) is 9.88 Å². The van der Waals surface area contributed by atoms with Crippen molar-refractivity contribution >= 4 is 5.91 Å². The van der Waals surface area contributed by atoms with Gasteiger partial charge in [0, 0.05) is 25.0 Å². The summed E-state index contributed by atoms with van der Waals surface area (Å²) in [5.41, 5.74) is 2.42. The number of nitrogens with zero attached hydrogens (tertiary/aromatic N) is 1. The van der Waals surface area contributed by atoms with E-state index in [1.807, 2.05) is 23.2 Å². The lowest BCUT2D eigenvalue weighted by Gasteiger charge is -2.32. The first-order valence-electron chi connectivity index (χ1n) is 7.75. The molecular formula is C18H22N2O. The van der Waals surface area contributed by atoms with Gasteiger partial charge < -0.3 is 9.88 Å². The van der Waals surface area contributed by atoms with Crippen molar-refractivity contribution in [3.63, 3.8) is 0 Å². The Morgan fingerprint density at radius 3 is 2.52 bits per heavy atom. The van der Waals surface area contributed by atoms with E-state index in [0.29, 0.717) is 12.3 Å². The molecular weight excluding hydrogens is 260 g/mol. The molecule has 0 radical (unpaired) electrons. The van der Waals surface area contributed by atoms with Crippen LogP contribution in [-0.2, 0) is 17.6 Å². The number of rotatable bonds is 4. The van der Waals surface area contributed by atoms with Crippen LogP contribution in [0.15, 0.2) is 48.7 Å². The number of aromatic nitrogens is 1. The predicted octanol–water partition coefficient (Wildman–Crippen LogP) is 3.04. The van der Waals surface area contributed by atoms with Crippen LogP contribution in [-0.4, -0.2) is 28.9 Å². The van der Waals surface area contributed by atoms with E-state index in [1.54, 1.807) is 0 Å². The van der Waals surface area contributed by atoms with Crippen LogP contribution in [0.2, 0.25) is 0 Å². The molecule has 0 aliphatic carbocycles. The van der Waals surface area contributed by atoms with Crippen LogP contribution in [0.3, 0.4) is 0 Å². The highest BCUT2D eigenvalue weighted by Crippen LogP contribution is 2.22. The second-order valence-electron chi connectivity index (χ2n) is 5.89. The van der Waals surface area contributed by atoms with Crippen molar-refractivity contribution in [3.8, 4) is 0 Å². The number of nitrogens with one attached hydrogen (secondary N) is 1. The topological polar surface area (TPSA) is 36.1 Å². The maximum atomic E-state index is 12.2. The first kappa shape index (κ1) is 13.9. The van der Waals surface area contributed by atoms with Gasteiger partial charge in [-0.2, -0.15) is 0 Å². The third kappa shape index (κ3) is 3.75. The van der Waals surface area contributed by atoms with Crippen molar-refractivity contribution in [2.24, 2.45) is 5.92 Å². The Labute approximate surface area is 126 Å². The lowest BCUT2D eigenvalue weighted by Crippen LogP contribution is -2.39. The summed E-state index contributed by atoms with van der Waals surface area (Å²) in [4.78, 5) is 17.4. The first-order valence-corrected chi connectivity index (χ1v) is 7.75. The van der Waals surface area contributed by atoms with Crippen LogP contribution in [0.5, 0.6) is 0 Å². The number of carbonyl (C=O) groups excluding carboxylic acids is 1. The van der Waals surface area contributed by atoms with E-state index in [9.17, 15) is 4.79 Å². The molecule has 110 valence electrons. The number of hydrogen-bond donors (Lipinski definition) is 1. The van der Waals surface area contributed by atoms with Gasteiger partial charge in [-0.1, -0.05) is 30.3 Å². The monoisotopic (exact) mass is 282 g/mol. The Hall–Kier alpha value is -2.03. The largest absolute Gasteiger partial charge is 0.365 e. The maximum Gasteiger partial charge on any atom is 0.228 e.